The fourth-order valence-electron chi connectivity index (χ4n) is 2.94. The molecule has 0 saturated heterocycles. The molecule has 5 nitrogen and oxygen atoms in total. The first-order valence-corrected chi connectivity index (χ1v) is 11.2. The van der Waals surface area contributed by atoms with E-state index in [1.165, 1.54) is 18.2 Å². The number of amides is 1. The van der Waals surface area contributed by atoms with E-state index in [2.05, 4.69) is 5.32 Å². The molecule has 0 heterocycles. The summed E-state index contributed by atoms with van der Waals surface area (Å²) in [6, 6.07) is 15.9. The first-order chi connectivity index (χ1) is 16.3. The van der Waals surface area contributed by atoms with Crippen LogP contribution in [0.2, 0.25) is 15.1 Å². The molecule has 1 amide bonds. The van der Waals surface area contributed by atoms with Gasteiger partial charge in [-0.3, -0.25) is 4.79 Å². The SMILES string of the molecule is CCOc1cc(/C=C(/C#N)C(=O)Nc2cccc(Cl)c2Cl)cc(Cl)c1OCc1ccccc1F. The third-order valence-corrected chi connectivity index (χ3v) is 5.64. The number of anilines is 1. The van der Waals surface area contributed by atoms with Gasteiger partial charge in [0.15, 0.2) is 11.5 Å². The molecule has 0 bridgehead atoms. The van der Waals surface area contributed by atoms with E-state index in [-0.39, 0.29) is 44.4 Å². The van der Waals surface area contributed by atoms with Crippen molar-refractivity contribution < 1.29 is 18.7 Å². The summed E-state index contributed by atoms with van der Waals surface area (Å²) >= 11 is 18.5. The number of rotatable bonds is 8. The molecule has 1 N–H and O–H groups in total. The van der Waals surface area contributed by atoms with E-state index in [1.807, 2.05) is 6.07 Å². The van der Waals surface area contributed by atoms with Crippen molar-refractivity contribution in [2.75, 3.05) is 11.9 Å². The Morgan fingerprint density at radius 1 is 1.09 bits per heavy atom. The molecule has 0 fully saturated rings. The Labute approximate surface area is 211 Å². The molecule has 34 heavy (non-hydrogen) atoms. The predicted molar refractivity (Wildman–Crippen MR) is 132 cm³/mol. The largest absolute Gasteiger partial charge is 0.490 e. The second-order valence-corrected chi connectivity index (χ2v) is 8.06. The predicted octanol–water partition coefficient (Wildman–Crippen LogP) is 7.31. The highest BCUT2D eigenvalue weighted by atomic mass is 35.5. The molecule has 0 saturated carbocycles. The van der Waals surface area contributed by atoms with Crippen molar-refractivity contribution in [3.8, 4) is 17.6 Å². The fraction of sp³-hybridized carbons (Fsp3) is 0.120. The fourth-order valence-corrected chi connectivity index (χ4v) is 3.57. The molecule has 174 valence electrons. The van der Waals surface area contributed by atoms with Crippen LogP contribution >= 0.6 is 34.8 Å². The van der Waals surface area contributed by atoms with Gasteiger partial charge in [0, 0.05) is 5.56 Å². The minimum absolute atomic E-state index is 0.0616. The maximum absolute atomic E-state index is 13.9. The summed E-state index contributed by atoms with van der Waals surface area (Å²) in [5, 5.41) is 12.7. The number of carbonyl (C=O) groups excluding carboxylic acids is 1. The topological polar surface area (TPSA) is 71.3 Å². The molecule has 3 aromatic carbocycles. The summed E-state index contributed by atoms with van der Waals surface area (Å²) in [7, 11) is 0. The van der Waals surface area contributed by atoms with Gasteiger partial charge in [-0.25, -0.2) is 4.39 Å². The number of carbonyl (C=O) groups is 1. The number of nitrogens with zero attached hydrogens (tertiary/aromatic N) is 1. The molecule has 0 aliphatic heterocycles. The molecule has 3 rings (SSSR count). The Bertz CT molecular complexity index is 1290. The van der Waals surface area contributed by atoms with E-state index in [4.69, 9.17) is 44.3 Å². The van der Waals surface area contributed by atoms with E-state index in [1.54, 1.807) is 49.4 Å². The number of hydrogen-bond acceptors (Lipinski definition) is 4. The second kappa shape index (κ2) is 11.8. The maximum Gasteiger partial charge on any atom is 0.266 e. The van der Waals surface area contributed by atoms with Crippen LogP contribution in [0.15, 0.2) is 60.2 Å². The minimum Gasteiger partial charge on any atom is -0.490 e. The Morgan fingerprint density at radius 2 is 1.85 bits per heavy atom. The maximum atomic E-state index is 13.9. The third-order valence-electron chi connectivity index (χ3n) is 4.54. The van der Waals surface area contributed by atoms with Gasteiger partial charge < -0.3 is 14.8 Å². The minimum atomic E-state index is -0.680. The average Bonchev–Trinajstić information content (AvgIpc) is 2.81. The highest BCUT2D eigenvalue weighted by molar-refractivity contribution is 6.44. The van der Waals surface area contributed by atoms with E-state index in [0.29, 0.717) is 17.7 Å². The summed E-state index contributed by atoms with van der Waals surface area (Å²) in [5.74, 6) is -0.577. The first kappa shape index (κ1) is 25.4. The molecule has 3 aromatic rings. The van der Waals surface area contributed by atoms with E-state index in [9.17, 15) is 14.4 Å². The van der Waals surface area contributed by atoms with E-state index < -0.39 is 11.7 Å². The van der Waals surface area contributed by atoms with Crippen molar-refractivity contribution in [1.82, 2.24) is 0 Å². The first-order valence-electron chi connectivity index (χ1n) is 10.0. The van der Waals surface area contributed by atoms with Crippen LogP contribution in [-0.4, -0.2) is 12.5 Å². The van der Waals surface area contributed by atoms with Crippen molar-refractivity contribution in [3.63, 3.8) is 0 Å². The molecular weight excluding hydrogens is 502 g/mol. The number of nitrogens with one attached hydrogen (secondary N) is 1. The molecule has 0 aromatic heterocycles. The van der Waals surface area contributed by atoms with Crippen molar-refractivity contribution in [1.29, 1.82) is 5.26 Å². The van der Waals surface area contributed by atoms with E-state index >= 15 is 0 Å². The lowest BCUT2D eigenvalue weighted by Gasteiger charge is -2.15. The zero-order chi connectivity index (χ0) is 24.7. The summed E-state index contributed by atoms with van der Waals surface area (Å²) in [5.41, 5.74) is 0.850. The Morgan fingerprint density at radius 3 is 2.56 bits per heavy atom. The number of benzene rings is 3. The normalized spacial score (nSPS) is 11.0. The average molecular weight is 520 g/mol. The number of nitriles is 1. The van der Waals surface area contributed by atoms with Gasteiger partial charge in [0.05, 0.1) is 27.4 Å². The molecule has 0 aliphatic rings. The zero-order valence-corrected chi connectivity index (χ0v) is 20.1. The van der Waals surface area contributed by atoms with Gasteiger partial charge in [0.1, 0.15) is 24.1 Å². The van der Waals surface area contributed by atoms with Crippen molar-refractivity contribution >= 4 is 52.5 Å². The van der Waals surface area contributed by atoms with Crippen molar-refractivity contribution in [2.24, 2.45) is 0 Å². The van der Waals surface area contributed by atoms with Crippen molar-refractivity contribution in [3.05, 3.63) is 92.2 Å². The smallest absolute Gasteiger partial charge is 0.266 e. The monoisotopic (exact) mass is 518 g/mol. The molecule has 0 unspecified atom stereocenters. The van der Waals surface area contributed by atoms with Crippen LogP contribution in [0, 0.1) is 17.1 Å². The molecule has 9 heteroatoms. The van der Waals surface area contributed by atoms with Crippen LogP contribution in [0.25, 0.3) is 6.08 Å². The van der Waals surface area contributed by atoms with Crippen molar-refractivity contribution in [2.45, 2.75) is 13.5 Å². The van der Waals surface area contributed by atoms with Crippen LogP contribution in [0.5, 0.6) is 11.5 Å². The summed E-state index contributed by atoms with van der Waals surface area (Å²) in [4.78, 5) is 12.6. The van der Waals surface area contributed by atoms with Gasteiger partial charge in [-0.05, 0) is 48.9 Å². The van der Waals surface area contributed by atoms with Gasteiger partial charge in [0.2, 0.25) is 0 Å². The Kier molecular flexibility index (Phi) is 8.78. The van der Waals surface area contributed by atoms with Gasteiger partial charge in [0.25, 0.3) is 5.91 Å². The van der Waals surface area contributed by atoms with Crippen LogP contribution in [0.3, 0.4) is 0 Å². The van der Waals surface area contributed by atoms with Crippen LogP contribution in [0.4, 0.5) is 10.1 Å². The quantitative estimate of drug-likeness (QED) is 0.250. The number of hydrogen-bond donors (Lipinski definition) is 1. The summed E-state index contributed by atoms with van der Waals surface area (Å²) in [6.07, 6.45) is 1.35. The van der Waals surface area contributed by atoms with Gasteiger partial charge in [-0.15, -0.1) is 0 Å². The van der Waals surface area contributed by atoms with E-state index in [0.717, 1.165) is 0 Å². The molecule has 0 atom stereocenters. The lowest BCUT2D eigenvalue weighted by molar-refractivity contribution is -0.112. The summed E-state index contributed by atoms with van der Waals surface area (Å²) in [6.45, 7) is 2.02. The number of halogens is 4. The van der Waals surface area contributed by atoms with Gasteiger partial charge >= 0.3 is 0 Å². The van der Waals surface area contributed by atoms with Gasteiger partial charge in [-0.2, -0.15) is 5.26 Å². The highest BCUT2D eigenvalue weighted by Gasteiger charge is 2.16. The standard InChI is InChI=1S/C25H18Cl3FN2O3/c1-2-33-22-12-15(11-19(27)24(22)34-14-16-6-3-4-8-20(16)29)10-17(13-30)25(32)31-21-9-5-7-18(26)23(21)28/h3-12H,2,14H2,1H3,(H,31,32)/b17-10-. The summed E-state index contributed by atoms with van der Waals surface area (Å²) < 4.78 is 25.3. The van der Waals surface area contributed by atoms with Crippen LogP contribution in [-0.2, 0) is 11.4 Å². The Balaban J connectivity index is 1.87. The lowest BCUT2D eigenvalue weighted by Crippen LogP contribution is -2.13. The Hall–Kier alpha value is -3.24. The zero-order valence-electron chi connectivity index (χ0n) is 17.9. The lowest BCUT2D eigenvalue weighted by atomic mass is 10.1. The molecule has 0 spiro atoms. The highest BCUT2D eigenvalue weighted by Crippen LogP contribution is 2.38. The molecular formula is C25H18Cl3FN2O3. The number of ether oxygens (including phenoxy) is 2. The second-order valence-electron chi connectivity index (χ2n) is 6.87. The molecule has 0 aliphatic carbocycles. The molecule has 0 radical (unpaired) electrons. The third kappa shape index (κ3) is 6.21. The van der Waals surface area contributed by atoms with Gasteiger partial charge in [-0.1, -0.05) is 59.1 Å². The van der Waals surface area contributed by atoms with Crippen LogP contribution in [0.1, 0.15) is 18.1 Å². The van der Waals surface area contributed by atoms with Crippen LogP contribution < -0.4 is 14.8 Å².